The average Bonchev–Trinajstić information content (AvgIpc) is 2.97. The van der Waals surface area contributed by atoms with E-state index in [2.05, 4.69) is 5.10 Å². The summed E-state index contributed by atoms with van der Waals surface area (Å²) in [4.78, 5) is 24.3. The predicted molar refractivity (Wildman–Crippen MR) is 83.1 cm³/mol. The molecule has 3 rings (SSSR count). The van der Waals surface area contributed by atoms with Crippen molar-refractivity contribution in [2.75, 3.05) is 6.61 Å². The Morgan fingerprint density at radius 1 is 1.46 bits per heavy atom. The van der Waals surface area contributed by atoms with Gasteiger partial charge in [0.2, 0.25) is 5.69 Å². The molecule has 0 aromatic carbocycles. The van der Waals surface area contributed by atoms with Gasteiger partial charge in [0.15, 0.2) is 5.75 Å². The summed E-state index contributed by atoms with van der Waals surface area (Å²) in [6, 6.07) is 8.40. The first-order chi connectivity index (χ1) is 11.6. The number of ether oxygens (including phenoxy) is 1. The molecular formula is C16H12N4O4. The number of aromatic hydroxyl groups is 1. The van der Waals surface area contributed by atoms with Crippen LogP contribution in [0.4, 0.5) is 0 Å². The zero-order chi connectivity index (χ0) is 17.3. The molecule has 3 aromatic heterocycles. The Balaban J connectivity index is 2.23. The lowest BCUT2D eigenvalue weighted by Crippen LogP contribution is -2.21. The van der Waals surface area contributed by atoms with Crippen molar-refractivity contribution in [1.82, 2.24) is 14.2 Å². The van der Waals surface area contributed by atoms with E-state index in [-0.39, 0.29) is 23.6 Å². The number of nitriles is 1. The number of fused-ring (bicyclic) bond motifs is 1. The minimum absolute atomic E-state index is 0.0288. The molecule has 120 valence electrons. The van der Waals surface area contributed by atoms with Crippen molar-refractivity contribution in [3.05, 3.63) is 58.3 Å². The number of nitrogens with zero attached hydrogens (tertiary/aromatic N) is 4. The number of pyridine rings is 2. The van der Waals surface area contributed by atoms with Gasteiger partial charge in [0, 0.05) is 6.20 Å². The van der Waals surface area contributed by atoms with Crippen molar-refractivity contribution in [2.45, 2.75) is 6.92 Å². The first kappa shape index (κ1) is 15.3. The Hall–Kier alpha value is -3.60. The largest absolute Gasteiger partial charge is 0.504 e. The molecule has 0 bridgehead atoms. The molecule has 24 heavy (non-hydrogen) atoms. The Kier molecular flexibility index (Phi) is 3.75. The van der Waals surface area contributed by atoms with Gasteiger partial charge in [-0.25, -0.2) is 9.48 Å². The van der Waals surface area contributed by atoms with Crippen LogP contribution in [0.15, 0.2) is 41.5 Å². The van der Waals surface area contributed by atoms with Crippen molar-refractivity contribution in [2.24, 2.45) is 0 Å². The van der Waals surface area contributed by atoms with Gasteiger partial charge in [-0.05, 0) is 25.1 Å². The maximum Gasteiger partial charge on any atom is 0.362 e. The first-order valence-corrected chi connectivity index (χ1v) is 7.07. The zero-order valence-electron chi connectivity index (χ0n) is 12.6. The quantitative estimate of drug-likeness (QED) is 0.726. The molecule has 8 heteroatoms. The van der Waals surface area contributed by atoms with Crippen molar-refractivity contribution in [3.63, 3.8) is 0 Å². The zero-order valence-corrected chi connectivity index (χ0v) is 12.6. The lowest BCUT2D eigenvalue weighted by Gasteiger charge is -2.06. The maximum absolute atomic E-state index is 12.6. The Bertz CT molecular complexity index is 1040. The Morgan fingerprint density at radius 2 is 2.25 bits per heavy atom. The molecule has 0 saturated heterocycles. The van der Waals surface area contributed by atoms with Gasteiger partial charge in [0.1, 0.15) is 11.8 Å². The minimum atomic E-state index is -0.796. The lowest BCUT2D eigenvalue weighted by molar-refractivity contribution is 0.0515. The van der Waals surface area contributed by atoms with E-state index >= 15 is 0 Å². The van der Waals surface area contributed by atoms with Crippen molar-refractivity contribution < 1.29 is 14.6 Å². The molecule has 0 fully saturated rings. The highest BCUT2D eigenvalue weighted by Gasteiger charge is 2.20. The third-order valence-electron chi connectivity index (χ3n) is 3.39. The van der Waals surface area contributed by atoms with Crippen LogP contribution >= 0.6 is 0 Å². The van der Waals surface area contributed by atoms with Crippen molar-refractivity contribution in [1.29, 1.82) is 5.26 Å². The molecule has 0 amide bonds. The van der Waals surface area contributed by atoms with E-state index in [0.717, 1.165) is 10.9 Å². The van der Waals surface area contributed by atoms with Crippen LogP contribution in [0.3, 0.4) is 0 Å². The Morgan fingerprint density at radius 3 is 2.96 bits per heavy atom. The summed E-state index contributed by atoms with van der Waals surface area (Å²) in [5.74, 6) is -1.21. The summed E-state index contributed by atoms with van der Waals surface area (Å²) >= 11 is 0. The molecule has 0 aliphatic carbocycles. The summed E-state index contributed by atoms with van der Waals surface area (Å²) in [7, 11) is 0. The molecule has 0 aliphatic heterocycles. The summed E-state index contributed by atoms with van der Waals surface area (Å²) < 4.78 is 7.15. The fourth-order valence-corrected chi connectivity index (χ4v) is 2.32. The number of rotatable bonds is 3. The molecule has 0 aliphatic rings. The molecule has 0 radical (unpaired) electrons. The molecular weight excluding hydrogens is 312 g/mol. The van der Waals surface area contributed by atoms with Gasteiger partial charge in [-0.15, -0.1) is 0 Å². The lowest BCUT2D eigenvalue weighted by atomic mass is 10.2. The van der Waals surface area contributed by atoms with Gasteiger partial charge in [-0.2, -0.15) is 10.4 Å². The average molecular weight is 324 g/mol. The molecule has 0 atom stereocenters. The van der Waals surface area contributed by atoms with Crippen LogP contribution in [-0.4, -0.2) is 31.9 Å². The minimum Gasteiger partial charge on any atom is -0.504 e. The van der Waals surface area contributed by atoms with Crippen LogP contribution in [0.1, 0.15) is 23.0 Å². The third-order valence-corrected chi connectivity index (χ3v) is 3.39. The van der Waals surface area contributed by atoms with Gasteiger partial charge >= 0.3 is 5.97 Å². The van der Waals surface area contributed by atoms with Crippen molar-refractivity contribution in [3.8, 4) is 17.5 Å². The van der Waals surface area contributed by atoms with E-state index in [1.165, 1.54) is 16.7 Å². The summed E-state index contributed by atoms with van der Waals surface area (Å²) in [5.41, 5.74) is 0.00476. The van der Waals surface area contributed by atoms with Gasteiger partial charge in [-0.1, -0.05) is 6.07 Å². The van der Waals surface area contributed by atoms with E-state index in [1.54, 1.807) is 25.1 Å². The molecule has 0 unspecified atom stereocenters. The molecule has 8 nitrogen and oxygen atoms in total. The van der Waals surface area contributed by atoms with Crippen LogP contribution in [0.2, 0.25) is 0 Å². The number of aromatic nitrogens is 3. The summed E-state index contributed by atoms with van der Waals surface area (Å²) in [6.07, 6.45) is 2.65. The monoisotopic (exact) mass is 324 g/mol. The van der Waals surface area contributed by atoms with E-state index < -0.39 is 17.3 Å². The second-order valence-corrected chi connectivity index (χ2v) is 4.84. The van der Waals surface area contributed by atoms with Gasteiger partial charge in [0.05, 0.1) is 23.9 Å². The van der Waals surface area contributed by atoms with E-state index in [1.807, 2.05) is 6.07 Å². The first-order valence-electron chi connectivity index (χ1n) is 7.07. The third kappa shape index (κ3) is 2.38. The standard InChI is InChI=1S/C16H12N4O4/c1-2-24-16(23)14-13(21)9-20(18-14)12-7-10(8-17)11-5-3-4-6-19(11)15(12)22/h3-7,9,21H,2H2,1H3. The number of carbonyl (C=O) groups excluding carboxylic acids is 1. The normalized spacial score (nSPS) is 10.5. The topological polar surface area (TPSA) is 110 Å². The number of hydrogen-bond acceptors (Lipinski definition) is 6. The second-order valence-electron chi connectivity index (χ2n) is 4.84. The second kappa shape index (κ2) is 5.89. The Labute approximate surface area is 135 Å². The van der Waals surface area contributed by atoms with Crippen LogP contribution in [-0.2, 0) is 4.74 Å². The van der Waals surface area contributed by atoms with E-state index in [4.69, 9.17) is 4.74 Å². The van der Waals surface area contributed by atoms with Gasteiger partial charge in [0.25, 0.3) is 5.56 Å². The fraction of sp³-hybridized carbons (Fsp3) is 0.125. The van der Waals surface area contributed by atoms with Gasteiger partial charge in [-0.3, -0.25) is 9.20 Å². The summed E-state index contributed by atoms with van der Waals surface area (Å²) in [5, 5.41) is 23.1. The van der Waals surface area contributed by atoms with Gasteiger partial charge < -0.3 is 9.84 Å². The van der Waals surface area contributed by atoms with Crippen molar-refractivity contribution >= 4 is 11.5 Å². The van der Waals surface area contributed by atoms with Crippen LogP contribution < -0.4 is 5.56 Å². The highest BCUT2D eigenvalue weighted by molar-refractivity contribution is 5.90. The van der Waals surface area contributed by atoms with Crippen LogP contribution in [0, 0.1) is 11.3 Å². The maximum atomic E-state index is 12.6. The number of esters is 1. The van der Waals surface area contributed by atoms with E-state index in [9.17, 15) is 20.0 Å². The highest BCUT2D eigenvalue weighted by Crippen LogP contribution is 2.19. The highest BCUT2D eigenvalue weighted by atomic mass is 16.5. The molecule has 0 saturated carbocycles. The van der Waals surface area contributed by atoms with E-state index in [0.29, 0.717) is 5.52 Å². The van der Waals surface area contributed by atoms with Crippen LogP contribution in [0.25, 0.3) is 11.2 Å². The predicted octanol–water partition coefficient (Wildman–Crippen LogP) is 1.24. The van der Waals surface area contributed by atoms with Crippen LogP contribution in [0.5, 0.6) is 5.75 Å². The summed E-state index contributed by atoms with van der Waals surface area (Å²) in [6.45, 7) is 1.75. The SMILES string of the molecule is CCOC(=O)c1nn(-c2cc(C#N)c3ccccn3c2=O)cc1O. The number of hydrogen-bond donors (Lipinski definition) is 1. The molecule has 3 heterocycles. The molecule has 0 spiro atoms. The molecule has 3 aromatic rings. The smallest absolute Gasteiger partial charge is 0.362 e. The number of carbonyl (C=O) groups is 1. The fourth-order valence-electron chi connectivity index (χ4n) is 2.32. The molecule has 1 N–H and O–H groups in total.